The van der Waals surface area contributed by atoms with Gasteiger partial charge in [0.05, 0.1) is 20.3 Å². The highest BCUT2D eigenvalue weighted by molar-refractivity contribution is 7.09. The third kappa shape index (κ3) is 5.06. The van der Waals surface area contributed by atoms with Crippen LogP contribution >= 0.6 is 11.3 Å². The molecule has 0 spiro atoms. The van der Waals surface area contributed by atoms with Crippen molar-refractivity contribution in [3.63, 3.8) is 0 Å². The highest BCUT2D eigenvalue weighted by Crippen LogP contribution is 2.28. The normalized spacial score (nSPS) is 17.2. The van der Waals surface area contributed by atoms with E-state index in [1.165, 1.54) is 4.90 Å². The van der Waals surface area contributed by atoms with Gasteiger partial charge in [-0.15, -0.1) is 11.3 Å². The van der Waals surface area contributed by atoms with Crippen molar-refractivity contribution in [2.45, 2.75) is 19.4 Å². The summed E-state index contributed by atoms with van der Waals surface area (Å²) < 4.78 is 5.52. The fraction of sp³-hybridized carbons (Fsp3) is 0.500. The van der Waals surface area contributed by atoms with Crippen LogP contribution in [-0.4, -0.2) is 66.2 Å². The van der Waals surface area contributed by atoms with Gasteiger partial charge in [0.1, 0.15) is 10.8 Å². The number of carbonyl (C=O) groups is 1. The summed E-state index contributed by atoms with van der Waals surface area (Å²) in [7, 11) is 3.37. The molecule has 1 saturated heterocycles. The van der Waals surface area contributed by atoms with Gasteiger partial charge in [-0.3, -0.25) is 9.69 Å². The van der Waals surface area contributed by atoms with E-state index in [1.807, 2.05) is 23.7 Å². The summed E-state index contributed by atoms with van der Waals surface area (Å²) >= 11 is 1.70. The van der Waals surface area contributed by atoms with Crippen LogP contribution in [0.3, 0.4) is 0 Å². The number of rotatable bonds is 8. The second kappa shape index (κ2) is 9.30. The predicted octanol–water partition coefficient (Wildman–Crippen LogP) is 2.28. The topological polar surface area (TPSA) is 65.9 Å². The molecule has 1 aliphatic rings. The number of methoxy groups -OCH3 is 1. The number of ether oxygens (including phenoxy) is 1. The highest BCUT2D eigenvalue weighted by atomic mass is 32.1. The predicted molar refractivity (Wildman–Crippen MR) is 106 cm³/mol. The number of likely N-dealkylation sites (N-methyl/N-ethyl adjacent to an activating group) is 1. The number of hydrogen-bond donors (Lipinski definition) is 1. The van der Waals surface area contributed by atoms with Crippen LogP contribution in [0.25, 0.3) is 0 Å². The first-order valence-electron chi connectivity index (χ1n) is 9.24. The Balaban J connectivity index is 1.66. The molecule has 1 fully saturated rings. The van der Waals surface area contributed by atoms with E-state index >= 15 is 0 Å². The first-order chi connectivity index (χ1) is 13.1. The molecule has 1 unspecified atom stereocenters. The third-order valence-corrected chi connectivity index (χ3v) is 5.79. The Morgan fingerprint density at radius 1 is 1.48 bits per heavy atom. The second-order valence-electron chi connectivity index (χ2n) is 7.00. The second-order valence-corrected chi connectivity index (χ2v) is 7.98. The molecule has 146 valence electrons. The maximum atomic E-state index is 12.5. The van der Waals surface area contributed by atoms with Crippen molar-refractivity contribution in [2.75, 3.05) is 40.4 Å². The largest absolute Gasteiger partial charge is 0.496 e. The van der Waals surface area contributed by atoms with E-state index in [4.69, 9.17) is 9.84 Å². The van der Waals surface area contributed by atoms with Gasteiger partial charge in [0.25, 0.3) is 5.91 Å². The fourth-order valence-corrected chi connectivity index (χ4v) is 4.26. The molecule has 1 amide bonds. The Labute approximate surface area is 164 Å². The first kappa shape index (κ1) is 19.8. The molecule has 1 aliphatic heterocycles. The average molecular weight is 390 g/mol. The van der Waals surface area contributed by atoms with Crippen LogP contribution in [0.15, 0.2) is 29.8 Å². The Kier molecular flexibility index (Phi) is 6.82. The standard InChI is InChI=1S/C20H27N3O3S/c1-22(8-9-24)20(25)16-3-4-18(26-2)17(12-16)11-15-5-7-23(13-15)14-19-21-6-10-27-19/h3-4,6,10,12,15,24H,5,7-9,11,13-14H2,1-2H3. The van der Waals surface area contributed by atoms with Crippen molar-refractivity contribution >= 4 is 17.2 Å². The Morgan fingerprint density at radius 2 is 2.33 bits per heavy atom. The summed E-state index contributed by atoms with van der Waals surface area (Å²) in [5.74, 6) is 1.29. The molecule has 6 nitrogen and oxygen atoms in total. The lowest BCUT2D eigenvalue weighted by molar-refractivity contribution is 0.0767. The molecule has 1 atom stereocenters. The smallest absolute Gasteiger partial charge is 0.253 e. The van der Waals surface area contributed by atoms with Gasteiger partial charge in [-0.1, -0.05) is 0 Å². The Hall–Kier alpha value is -1.96. The van der Waals surface area contributed by atoms with Crippen molar-refractivity contribution in [3.05, 3.63) is 45.9 Å². The minimum absolute atomic E-state index is 0.0394. The zero-order valence-corrected chi connectivity index (χ0v) is 16.7. The van der Waals surface area contributed by atoms with E-state index in [-0.39, 0.29) is 12.5 Å². The summed E-state index contributed by atoms with van der Waals surface area (Å²) in [6.45, 7) is 3.31. The number of hydrogen-bond acceptors (Lipinski definition) is 6. The minimum atomic E-state index is -0.0789. The molecule has 1 N–H and O–H groups in total. The number of aliphatic hydroxyl groups excluding tert-OH is 1. The molecular weight excluding hydrogens is 362 g/mol. The maximum absolute atomic E-state index is 12.5. The quantitative estimate of drug-likeness (QED) is 0.750. The third-order valence-electron chi connectivity index (χ3n) is 5.03. The van der Waals surface area contributed by atoms with Crippen LogP contribution in [0.5, 0.6) is 5.75 Å². The molecule has 0 aliphatic carbocycles. The van der Waals surface area contributed by atoms with Crippen LogP contribution < -0.4 is 4.74 Å². The number of benzene rings is 1. The summed E-state index contributed by atoms with van der Waals surface area (Å²) in [6.07, 6.45) is 3.88. The van der Waals surface area contributed by atoms with Crippen LogP contribution in [0.1, 0.15) is 27.3 Å². The van der Waals surface area contributed by atoms with Crippen molar-refractivity contribution in [2.24, 2.45) is 5.92 Å². The van der Waals surface area contributed by atoms with E-state index in [0.29, 0.717) is 18.0 Å². The minimum Gasteiger partial charge on any atom is -0.496 e. The van der Waals surface area contributed by atoms with Gasteiger partial charge in [-0.05, 0) is 49.1 Å². The molecule has 7 heteroatoms. The molecule has 2 heterocycles. The molecular formula is C20H27N3O3S. The van der Waals surface area contributed by atoms with E-state index < -0.39 is 0 Å². The summed E-state index contributed by atoms with van der Waals surface area (Å²) in [5, 5.41) is 12.2. The summed E-state index contributed by atoms with van der Waals surface area (Å²) in [4.78, 5) is 20.9. The van der Waals surface area contributed by atoms with Crippen molar-refractivity contribution in [3.8, 4) is 5.75 Å². The van der Waals surface area contributed by atoms with Gasteiger partial charge in [0.2, 0.25) is 0 Å². The van der Waals surface area contributed by atoms with Gasteiger partial charge in [0.15, 0.2) is 0 Å². The van der Waals surface area contributed by atoms with E-state index in [9.17, 15) is 4.79 Å². The van der Waals surface area contributed by atoms with E-state index in [1.54, 1.807) is 31.6 Å². The Bertz CT molecular complexity index is 751. The fourth-order valence-electron chi connectivity index (χ4n) is 3.60. The van der Waals surface area contributed by atoms with Gasteiger partial charge in [0, 0.05) is 37.3 Å². The van der Waals surface area contributed by atoms with Crippen LogP contribution in [-0.2, 0) is 13.0 Å². The summed E-state index contributed by atoms with van der Waals surface area (Å²) in [6, 6.07) is 5.61. The van der Waals surface area contributed by atoms with Gasteiger partial charge in [-0.25, -0.2) is 4.98 Å². The van der Waals surface area contributed by atoms with Crippen LogP contribution in [0, 0.1) is 5.92 Å². The van der Waals surface area contributed by atoms with Gasteiger partial charge < -0.3 is 14.7 Å². The molecule has 0 radical (unpaired) electrons. The molecule has 1 aromatic carbocycles. The lowest BCUT2D eigenvalue weighted by atomic mass is 9.96. The molecule has 0 bridgehead atoms. The number of nitrogens with zero attached hydrogens (tertiary/aromatic N) is 3. The number of carbonyl (C=O) groups excluding carboxylic acids is 1. The van der Waals surface area contributed by atoms with Crippen molar-refractivity contribution in [1.29, 1.82) is 0 Å². The van der Waals surface area contributed by atoms with Crippen LogP contribution in [0.2, 0.25) is 0 Å². The van der Waals surface area contributed by atoms with Gasteiger partial charge >= 0.3 is 0 Å². The van der Waals surface area contributed by atoms with Crippen molar-refractivity contribution in [1.82, 2.24) is 14.8 Å². The van der Waals surface area contributed by atoms with E-state index in [0.717, 1.165) is 48.8 Å². The molecule has 3 rings (SSSR count). The SMILES string of the molecule is COc1ccc(C(=O)N(C)CCO)cc1CC1CCN(Cc2nccs2)C1. The first-order valence-corrected chi connectivity index (χ1v) is 10.1. The molecule has 1 aromatic heterocycles. The average Bonchev–Trinajstić information content (AvgIpc) is 3.34. The maximum Gasteiger partial charge on any atom is 0.253 e. The van der Waals surface area contributed by atoms with E-state index in [2.05, 4.69) is 9.88 Å². The number of likely N-dealkylation sites (tertiary alicyclic amines) is 1. The number of thiazole rings is 1. The molecule has 2 aromatic rings. The number of amides is 1. The number of aromatic nitrogens is 1. The van der Waals surface area contributed by atoms with Crippen molar-refractivity contribution < 1.29 is 14.6 Å². The number of aliphatic hydroxyl groups is 1. The monoisotopic (exact) mass is 389 g/mol. The van der Waals surface area contributed by atoms with Crippen LogP contribution in [0.4, 0.5) is 0 Å². The molecule has 0 saturated carbocycles. The zero-order valence-electron chi connectivity index (χ0n) is 15.9. The van der Waals surface area contributed by atoms with Gasteiger partial charge in [-0.2, -0.15) is 0 Å². The lowest BCUT2D eigenvalue weighted by Crippen LogP contribution is -2.29. The lowest BCUT2D eigenvalue weighted by Gasteiger charge is -2.18. The highest BCUT2D eigenvalue weighted by Gasteiger charge is 2.25. The Morgan fingerprint density at radius 3 is 3.04 bits per heavy atom. The zero-order chi connectivity index (χ0) is 19.2. The molecule has 27 heavy (non-hydrogen) atoms. The summed E-state index contributed by atoms with van der Waals surface area (Å²) in [5.41, 5.74) is 1.71.